The van der Waals surface area contributed by atoms with Gasteiger partial charge in [-0.25, -0.2) is 13.8 Å². The van der Waals surface area contributed by atoms with E-state index in [1.54, 1.807) is 6.07 Å². The smallest absolute Gasteiger partial charge is 0.226 e. The molecule has 1 N–H and O–H groups in total. The minimum atomic E-state index is -0.829. The van der Waals surface area contributed by atoms with Gasteiger partial charge < -0.3 is 5.32 Å². The number of thiazole rings is 1. The van der Waals surface area contributed by atoms with Gasteiger partial charge in [-0.15, -0.1) is 11.3 Å². The largest absolute Gasteiger partial charge is 0.353 e. The molecule has 31 heavy (non-hydrogen) atoms. The molecule has 0 unspecified atom stereocenters. The van der Waals surface area contributed by atoms with E-state index in [0.29, 0.717) is 11.6 Å². The van der Waals surface area contributed by atoms with Crippen molar-refractivity contribution in [3.05, 3.63) is 75.8 Å². The molecule has 2 heterocycles. The number of piperidine rings is 1. The van der Waals surface area contributed by atoms with Gasteiger partial charge in [-0.3, -0.25) is 9.69 Å². The molecule has 3 aromatic rings. The molecule has 1 saturated heterocycles. The Balaban J connectivity index is 1.25. The average Bonchev–Trinajstić information content (AvgIpc) is 3.20. The van der Waals surface area contributed by atoms with E-state index >= 15 is 0 Å². The third-order valence-electron chi connectivity index (χ3n) is 5.34. The van der Waals surface area contributed by atoms with Crippen molar-refractivity contribution in [1.29, 1.82) is 0 Å². The van der Waals surface area contributed by atoms with Crippen molar-refractivity contribution < 1.29 is 13.6 Å². The molecular weight excluding hydrogens is 440 g/mol. The molecule has 1 amide bonds. The van der Waals surface area contributed by atoms with Crippen LogP contribution in [0.4, 0.5) is 8.78 Å². The molecule has 0 saturated carbocycles. The van der Waals surface area contributed by atoms with Crippen LogP contribution in [0.15, 0.2) is 47.8 Å². The van der Waals surface area contributed by atoms with Crippen LogP contribution in [0.3, 0.4) is 0 Å². The van der Waals surface area contributed by atoms with E-state index in [4.69, 9.17) is 11.6 Å². The minimum Gasteiger partial charge on any atom is -0.353 e. The number of likely N-dealkylation sites (tertiary alicyclic amines) is 1. The van der Waals surface area contributed by atoms with Crippen LogP contribution >= 0.6 is 22.9 Å². The van der Waals surface area contributed by atoms with Gasteiger partial charge in [-0.2, -0.15) is 0 Å². The topological polar surface area (TPSA) is 45.2 Å². The van der Waals surface area contributed by atoms with E-state index in [9.17, 15) is 13.6 Å². The quantitative estimate of drug-likeness (QED) is 0.557. The lowest BCUT2D eigenvalue weighted by atomic mass is 10.0. The van der Waals surface area contributed by atoms with Crippen LogP contribution in [0, 0.1) is 11.6 Å². The molecule has 0 bridgehead atoms. The number of rotatable bonds is 6. The van der Waals surface area contributed by atoms with Crippen molar-refractivity contribution in [1.82, 2.24) is 15.2 Å². The van der Waals surface area contributed by atoms with Gasteiger partial charge in [-0.05, 0) is 36.6 Å². The van der Waals surface area contributed by atoms with Crippen LogP contribution < -0.4 is 5.32 Å². The molecule has 0 spiro atoms. The second-order valence-electron chi connectivity index (χ2n) is 7.67. The Labute approximate surface area is 188 Å². The summed E-state index contributed by atoms with van der Waals surface area (Å²) in [5, 5.41) is 6.43. The maximum atomic E-state index is 13.4. The van der Waals surface area contributed by atoms with Gasteiger partial charge >= 0.3 is 0 Å². The van der Waals surface area contributed by atoms with E-state index in [1.807, 2.05) is 29.6 Å². The predicted molar refractivity (Wildman–Crippen MR) is 119 cm³/mol. The fourth-order valence-corrected chi connectivity index (χ4v) is 4.86. The normalized spacial score (nSPS) is 15.2. The molecular formula is C23H22ClF2N3OS. The van der Waals surface area contributed by atoms with E-state index in [0.717, 1.165) is 53.8 Å². The highest BCUT2D eigenvalue weighted by molar-refractivity contribution is 7.13. The van der Waals surface area contributed by atoms with Crippen molar-refractivity contribution >= 4 is 28.8 Å². The Morgan fingerprint density at radius 3 is 2.68 bits per heavy atom. The van der Waals surface area contributed by atoms with Crippen LogP contribution in [0.1, 0.15) is 24.1 Å². The first-order valence-electron chi connectivity index (χ1n) is 10.1. The molecule has 1 aromatic heterocycles. The van der Waals surface area contributed by atoms with E-state index in [-0.39, 0.29) is 18.4 Å². The SMILES string of the molecule is O=C(Cc1csc(-c2ccccc2Cl)n1)NC1CCN(Cc2ccc(F)c(F)c2)CC1. The maximum Gasteiger partial charge on any atom is 0.226 e. The molecule has 4 nitrogen and oxygen atoms in total. The van der Waals surface area contributed by atoms with Crippen LogP contribution in [-0.2, 0) is 17.8 Å². The molecule has 2 aromatic carbocycles. The van der Waals surface area contributed by atoms with E-state index in [2.05, 4.69) is 15.2 Å². The third-order valence-corrected chi connectivity index (χ3v) is 6.59. The maximum absolute atomic E-state index is 13.4. The first kappa shape index (κ1) is 21.9. The summed E-state index contributed by atoms with van der Waals surface area (Å²) in [4.78, 5) is 19.2. The van der Waals surface area contributed by atoms with E-state index in [1.165, 1.54) is 17.4 Å². The first-order chi connectivity index (χ1) is 15.0. The molecule has 0 atom stereocenters. The minimum absolute atomic E-state index is 0.0462. The number of carbonyl (C=O) groups excluding carboxylic acids is 1. The van der Waals surface area contributed by atoms with Crippen molar-refractivity contribution in [2.45, 2.75) is 31.8 Å². The fraction of sp³-hybridized carbons (Fsp3) is 0.304. The summed E-state index contributed by atoms with van der Waals surface area (Å²) < 4.78 is 26.5. The number of nitrogens with zero attached hydrogens (tertiary/aromatic N) is 2. The summed E-state index contributed by atoms with van der Waals surface area (Å²) in [5.74, 6) is -1.70. The predicted octanol–water partition coefficient (Wildman–Crippen LogP) is 5.07. The first-order valence-corrected chi connectivity index (χ1v) is 11.4. The molecule has 162 valence electrons. The van der Waals surface area contributed by atoms with Crippen molar-refractivity contribution in [3.63, 3.8) is 0 Å². The van der Waals surface area contributed by atoms with Crippen molar-refractivity contribution in [3.8, 4) is 10.6 Å². The van der Waals surface area contributed by atoms with Gasteiger partial charge in [0.2, 0.25) is 5.91 Å². The Bertz CT molecular complexity index is 1070. The van der Waals surface area contributed by atoms with Gasteiger partial charge in [0.05, 0.1) is 17.1 Å². The zero-order valence-electron chi connectivity index (χ0n) is 16.8. The molecule has 1 aliphatic rings. The number of carbonyl (C=O) groups is 1. The lowest BCUT2D eigenvalue weighted by molar-refractivity contribution is -0.121. The molecule has 4 rings (SSSR count). The van der Waals surface area contributed by atoms with Crippen LogP contribution in [-0.4, -0.2) is 34.9 Å². The van der Waals surface area contributed by atoms with E-state index < -0.39 is 11.6 Å². The lowest BCUT2D eigenvalue weighted by Crippen LogP contribution is -2.44. The molecule has 1 fully saturated rings. The van der Waals surface area contributed by atoms with Crippen molar-refractivity contribution in [2.24, 2.45) is 0 Å². The summed E-state index contributed by atoms with van der Waals surface area (Å²) in [7, 11) is 0. The number of amides is 1. The number of halogens is 3. The monoisotopic (exact) mass is 461 g/mol. The lowest BCUT2D eigenvalue weighted by Gasteiger charge is -2.32. The van der Waals surface area contributed by atoms with Gasteiger partial charge in [-0.1, -0.05) is 35.9 Å². The molecule has 1 aliphatic heterocycles. The Morgan fingerprint density at radius 1 is 1.16 bits per heavy atom. The number of nitrogens with one attached hydrogen (secondary N) is 1. The highest BCUT2D eigenvalue weighted by Crippen LogP contribution is 2.30. The highest BCUT2D eigenvalue weighted by Gasteiger charge is 2.21. The molecule has 0 radical (unpaired) electrons. The zero-order valence-corrected chi connectivity index (χ0v) is 18.4. The summed E-state index contributed by atoms with van der Waals surface area (Å²) in [6.07, 6.45) is 1.87. The fourth-order valence-electron chi connectivity index (χ4n) is 3.72. The van der Waals surface area contributed by atoms with Gasteiger partial charge in [0.15, 0.2) is 11.6 Å². The number of benzene rings is 2. The molecule has 0 aliphatic carbocycles. The second kappa shape index (κ2) is 9.85. The second-order valence-corrected chi connectivity index (χ2v) is 8.93. The average molecular weight is 462 g/mol. The van der Waals surface area contributed by atoms with Gasteiger partial charge in [0, 0.05) is 36.6 Å². The van der Waals surface area contributed by atoms with Crippen LogP contribution in [0.25, 0.3) is 10.6 Å². The standard InChI is InChI=1S/C23H22ClF2N3OS/c24-19-4-2-1-3-18(19)23-28-17(14-31-23)12-22(30)27-16-7-9-29(10-8-16)13-15-5-6-20(25)21(26)11-15/h1-6,11,14,16H,7-10,12-13H2,(H,27,30). The zero-order chi connectivity index (χ0) is 21.8. The van der Waals surface area contributed by atoms with Gasteiger partial charge in [0.25, 0.3) is 0 Å². The Kier molecular flexibility index (Phi) is 6.95. The summed E-state index contributed by atoms with van der Waals surface area (Å²) in [6.45, 7) is 2.15. The number of hydrogen-bond donors (Lipinski definition) is 1. The summed E-state index contributed by atoms with van der Waals surface area (Å²) in [5.41, 5.74) is 2.35. The molecule has 8 heteroatoms. The summed E-state index contributed by atoms with van der Waals surface area (Å²) >= 11 is 7.70. The number of aromatic nitrogens is 1. The van der Waals surface area contributed by atoms with Crippen LogP contribution in [0.2, 0.25) is 5.02 Å². The third kappa shape index (κ3) is 5.67. The van der Waals surface area contributed by atoms with Crippen molar-refractivity contribution in [2.75, 3.05) is 13.1 Å². The Morgan fingerprint density at radius 2 is 1.94 bits per heavy atom. The Hall–Kier alpha value is -2.35. The highest BCUT2D eigenvalue weighted by atomic mass is 35.5. The van der Waals surface area contributed by atoms with Crippen LogP contribution in [0.5, 0.6) is 0 Å². The van der Waals surface area contributed by atoms with Gasteiger partial charge in [0.1, 0.15) is 5.01 Å². The number of hydrogen-bond acceptors (Lipinski definition) is 4. The summed E-state index contributed by atoms with van der Waals surface area (Å²) in [6, 6.07) is 11.6.